The molecule has 0 aliphatic heterocycles. The van der Waals surface area contributed by atoms with E-state index in [9.17, 15) is 9.79 Å². The van der Waals surface area contributed by atoms with E-state index in [0.717, 1.165) is 33.4 Å². The van der Waals surface area contributed by atoms with Crippen LogP contribution in [-0.4, -0.2) is 16.9 Å². The summed E-state index contributed by atoms with van der Waals surface area (Å²) < 4.78 is 5.53. The van der Waals surface area contributed by atoms with Gasteiger partial charge in [0.15, 0.2) is 5.30 Å². The average molecular weight is 620 g/mol. The smallest absolute Gasteiger partial charge is 0.188 e. The Labute approximate surface area is 270 Å². The summed E-state index contributed by atoms with van der Waals surface area (Å²) in [6, 6.07) is 15.7. The van der Waals surface area contributed by atoms with Crippen LogP contribution in [0.25, 0.3) is 22.3 Å². The molecule has 3 aromatic carbocycles. The van der Waals surface area contributed by atoms with Gasteiger partial charge in [0.25, 0.3) is 0 Å². The molecule has 0 unspecified atom stereocenters. The van der Waals surface area contributed by atoms with Gasteiger partial charge in [0.2, 0.25) is 0 Å². The first-order valence-electron chi connectivity index (χ1n) is 16.0. The first-order chi connectivity index (χ1) is 19.6. The van der Waals surface area contributed by atoms with E-state index in [1.807, 2.05) is 6.07 Å². The van der Waals surface area contributed by atoms with Crippen LogP contribution in [0.4, 0.5) is 0 Å². The van der Waals surface area contributed by atoms with E-state index in [1.165, 1.54) is 29.4 Å². The van der Waals surface area contributed by atoms with E-state index in [-0.39, 0.29) is 21.7 Å². The predicted octanol–water partition coefficient (Wildman–Crippen LogP) is 10.8. The van der Waals surface area contributed by atoms with Crippen LogP contribution in [-0.2, 0) is 31.6 Å². The van der Waals surface area contributed by atoms with E-state index in [2.05, 4.69) is 147 Å². The quantitative estimate of drug-likeness (QED) is 0.286. The summed E-state index contributed by atoms with van der Waals surface area (Å²) in [5, 5.41) is 0.489. The molecular weight excluding hydrogens is 559 g/mol. The van der Waals surface area contributed by atoms with Crippen LogP contribution in [0.1, 0.15) is 137 Å². The normalized spacial score (nSPS) is 13.9. The molecule has 0 amide bonds. The SMILES string of the molecule is CO[P+](O)(O)c1cc(-c2ccc(C(C)(C)C)cc2C(C)(C)C)c(C)c(-c2ccc(C(C)(C)C)cc2C(C)(C)C)c1C(C)(C)C. The fourth-order valence-corrected chi connectivity index (χ4v) is 7.42. The summed E-state index contributed by atoms with van der Waals surface area (Å²) in [5.41, 5.74) is 10.8. The molecule has 0 radical (unpaired) electrons. The Balaban J connectivity index is 2.70. The molecule has 0 spiro atoms. The van der Waals surface area contributed by atoms with Crippen LogP contribution < -0.4 is 5.30 Å². The molecule has 3 nitrogen and oxygen atoms in total. The summed E-state index contributed by atoms with van der Waals surface area (Å²) in [6.45, 7) is 35.7. The number of benzene rings is 3. The van der Waals surface area contributed by atoms with Gasteiger partial charge in [-0.15, -0.1) is 0 Å². The second kappa shape index (κ2) is 11.6. The van der Waals surface area contributed by atoms with Crippen LogP contribution in [0.2, 0.25) is 0 Å². The molecular formula is C40H60O3P+. The van der Waals surface area contributed by atoms with E-state index >= 15 is 0 Å². The van der Waals surface area contributed by atoms with Gasteiger partial charge in [-0.2, -0.15) is 14.3 Å². The molecule has 3 rings (SSSR count). The summed E-state index contributed by atoms with van der Waals surface area (Å²) in [7, 11) is -2.51. The summed E-state index contributed by atoms with van der Waals surface area (Å²) in [5.74, 6) is 0. The Morgan fingerprint density at radius 3 is 1.30 bits per heavy atom. The number of hydrogen-bond acceptors (Lipinski definition) is 3. The van der Waals surface area contributed by atoms with Crippen molar-refractivity contribution in [1.29, 1.82) is 0 Å². The van der Waals surface area contributed by atoms with Gasteiger partial charge in [-0.25, -0.2) is 0 Å². The Morgan fingerprint density at radius 2 is 0.932 bits per heavy atom. The zero-order valence-electron chi connectivity index (χ0n) is 30.8. The molecule has 0 aromatic heterocycles. The second-order valence-corrected chi connectivity index (χ2v) is 19.8. The summed E-state index contributed by atoms with van der Waals surface area (Å²) in [6.07, 6.45) is 0. The highest BCUT2D eigenvalue weighted by Gasteiger charge is 2.46. The van der Waals surface area contributed by atoms with E-state index in [1.54, 1.807) is 0 Å². The lowest BCUT2D eigenvalue weighted by Gasteiger charge is -2.34. The topological polar surface area (TPSA) is 49.7 Å². The summed E-state index contributed by atoms with van der Waals surface area (Å²) in [4.78, 5) is 23.2. The van der Waals surface area contributed by atoms with Gasteiger partial charge in [0.1, 0.15) is 0 Å². The Kier molecular flexibility index (Phi) is 9.64. The minimum Gasteiger partial charge on any atom is -0.188 e. The van der Waals surface area contributed by atoms with Crippen molar-refractivity contribution in [2.45, 2.75) is 138 Å². The lowest BCUT2D eigenvalue weighted by atomic mass is 9.71. The monoisotopic (exact) mass is 619 g/mol. The first kappa shape index (κ1) is 36.4. The highest BCUT2D eigenvalue weighted by molar-refractivity contribution is 7.67. The van der Waals surface area contributed by atoms with Crippen molar-refractivity contribution in [3.8, 4) is 22.3 Å². The van der Waals surface area contributed by atoms with Crippen LogP contribution in [0.15, 0.2) is 42.5 Å². The van der Waals surface area contributed by atoms with Crippen molar-refractivity contribution in [2.75, 3.05) is 7.11 Å². The minimum atomic E-state index is -3.91. The third-order valence-electron chi connectivity index (χ3n) is 8.83. The zero-order valence-corrected chi connectivity index (χ0v) is 31.7. The average Bonchev–Trinajstić information content (AvgIpc) is 2.85. The van der Waals surface area contributed by atoms with E-state index in [0.29, 0.717) is 5.30 Å². The van der Waals surface area contributed by atoms with Gasteiger partial charge in [0, 0.05) is 5.56 Å². The Morgan fingerprint density at radius 1 is 0.523 bits per heavy atom. The third-order valence-corrected chi connectivity index (χ3v) is 10.3. The zero-order chi connectivity index (χ0) is 34.0. The molecule has 242 valence electrons. The van der Waals surface area contributed by atoms with Crippen LogP contribution >= 0.6 is 7.94 Å². The molecule has 3 aromatic rings. The second-order valence-electron chi connectivity index (χ2n) is 17.8. The fourth-order valence-electron chi connectivity index (χ4n) is 6.19. The number of hydrogen-bond donors (Lipinski definition) is 2. The van der Waals surface area contributed by atoms with Gasteiger partial charge >= 0.3 is 7.94 Å². The third kappa shape index (κ3) is 7.33. The predicted molar refractivity (Wildman–Crippen MR) is 194 cm³/mol. The van der Waals surface area contributed by atoms with E-state index < -0.39 is 13.4 Å². The van der Waals surface area contributed by atoms with Gasteiger partial charge in [-0.3, -0.25) is 0 Å². The number of rotatable bonds is 4. The molecule has 0 saturated carbocycles. The molecule has 0 heterocycles. The van der Waals surface area contributed by atoms with Gasteiger partial charge < -0.3 is 0 Å². The van der Waals surface area contributed by atoms with Crippen molar-refractivity contribution < 1.29 is 14.3 Å². The van der Waals surface area contributed by atoms with Crippen molar-refractivity contribution in [3.05, 3.63) is 75.8 Å². The first-order valence-corrected chi connectivity index (χ1v) is 17.6. The molecule has 0 bridgehead atoms. The standard InChI is InChI=1S/C40H60O3P/c1-25-30(28-20-18-26(36(2,3)4)22-31(28)38(8,9)10)24-33(44(41,42)43-17)35(40(14,15)16)34(25)29-21-19-27(37(5,6)7)23-32(29)39(11,12)13/h18-24,41-42H,1-17H3/q+1. The van der Waals surface area contributed by atoms with E-state index in [4.69, 9.17) is 4.52 Å². The molecule has 0 fully saturated rings. The van der Waals surface area contributed by atoms with Gasteiger partial charge in [-0.05, 0) is 90.1 Å². The Bertz CT molecular complexity index is 1530. The lowest BCUT2D eigenvalue weighted by molar-refractivity contribution is 0.291. The fraction of sp³-hybridized carbons (Fsp3) is 0.550. The molecule has 2 N–H and O–H groups in total. The maximum atomic E-state index is 11.6. The minimum absolute atomic E-state index is 0.00319. The van der Waals surface area contributed by atoms with Gasteiger partial charge in [0.05, 0.1) is 7.11 Å². The highest BCUT2D eigenvalue weighted by atomic mass is 31.2. The molecule has 0 atom stereocenters. The highest BCUT2D eigenvalue weighted by Crippen LogP contribution is 2.55. The summed E-state index contributed by atoms with van der Waals surface area (Å²) >= 11 is 0. The van der Waals surface area contributed by atoms with Crippen LogP contribution in [0, 0.1) is 6.92 Å². The Hall–Kier alpha value is -2.03. The molecule has 0 aliphatic rings. The van der Waals surface area contributed by atoms with Gasteiger partial charge in [-0.1, -0.05) is 140 Å². The van der Waals surface area contributed by atoms with Crippen LogP contribution in [0.3, 0.4) is 0 Å². The molecule has 44 heavy (non-hydrogen) atoms. The molecule has 0 aliphatic carbocycles. The van der Waals surface area contributed by atoms with Crippen molar-refractivity contribution in [2.24, 2.45) is 0 Å². The van der Waals surface area contributed by atoms with Crippen LogP contribution in [0.5, 0.6) is 0 Å². The van der Waals surface area contributed by atoms with Crippen molar-refractivity contribution >= 4 is 13.2 Å². The maximum Gasteiger partial charge on any atom is 0.443 e. The van der Waals surface area contributed by atoms with Crippen molar-refractivity contribution in [1.82, 2.24) is 0 Å². The molecule has 4 heteroatoms. The molecule has 0 saturated heterocycles. The lowest BCUT2D eigenvalue weighted by Crippen LogP contribution is -2.29. The van der Waals surface area contributed by atoms with Crippen molar-refractivity contribution in [3.63, 3.8) is 0 Å². The maximum absolute atomic E-state index is 11.6. The largest absolute Gasteiger partial charge is 0.443 e.